The summed E-state index contributed by atoms with van der Waals surface area (Å²) in [5.41, 5.74) is 0. The van der Waals surface area contributed by atoms with Gasteiger partial charge >= 0.3 is 0 Å². The second-order valence-electron chi connectivity index (χ2n) is 5.51. The van der Waals surface area contributed by atoms with E-state index in [9.17, 15) is 4.79 Å². The molecule has 0 radical (unpaired) electrons. The van der Waals surface area contributed by atoms with Crippen LogP contribution in [0.4, 0.5) is 0 Å². The van der Waals surface area contributed by atoms with E-state index in [0.29, 0.717) is 11.8 Å². The molecule has 0 spiro atoms. The highest BCUT2D eigenvalue weighted by Crippen LogP contribution is 2.17. The van der Waals surface area contributed by atoms with E-state index in [1.807, 2.05) is 0 Å². The Hall–Kier alpha value is -0.570. The van der Waals surface area contributed by atoms with Crippen molar-refractivity contribution in [3.05, 3.63) is 0 Å². The molecule has 100 valence electrons. The summed E-state index contributed by atoms with van der Waals surface area (Å²) >= 11 is 0. The summed E-state index contributed by atoms with van der Waals surface area (Å²) in [5, 5.41) is 6.49. The molecule has 1 aliphatic heterocycles. The van der Waals surface area contributed by atoms with Gasteiger partial charge in [-0.1, -0.05) is 33.6 Å². The van der Waals surface area contributed by atoms with Crippen molar-refractivity contribution < 1.29 is 4.79 Å². The number of amides is 1. The van der Waals surface area contributed by atoms with Gasteiger partial charge in [-0.3, -0.25) is 4.79 Å². The molecule has 1 rings (SSSR count). The molecule has 2 N–H and O–H groups in total. The highest BCUT2D eigenvalue weighted by atomic mass is 16.2. The normalized spacial score (nSPS) is 26.9. The molecule has 1 saturated heterocycles. The van der Waals surface area contributed by atoms with Crippen LogP contribution < -0.4 is 10.6 Å². The smallest absolute Gasteiger partial charge is 0.237 e. The van der Waals surface area contributed by atoms with Crippen LogP contribution in [-0.2, 0) is 4.79 Å². The van der Waals surface area contributed by atoms with Gasteiger partial charge in [0.1, 0.15) is 0 Å². The van der Waals surface area contributed by atoms with Crippen LogP contribution in [0.25, 0.3) is 0 Å². The van der Waals surface area contributed by atoms with Crippen molar-refractivity contribution in [1.29, 1.82) is 0 Å². The maximum Gasteiger partial charge on any atom is 0.237 e. The molecular formula is C14H28N2O. The van der Waals surface area contributed by atoms with Crippen molar-refractivity contribution in [2.45, 2.75) is 65.5 Å². The van der Waals surface area contributed by atoms with Crippen molar-refractivity contribution in [2.75, 3.05) is 6.54 Å². The minimum absolute atomic E-state index is 0.0237. The zero-order chi connectivity index (χ0) is 12.8. The van der Waals surface area contributed by atoms with Crippen molar-refractivity contribution in [3.63, 3.8) is 0 Å². The highest BCUT2D eigenvalue weighted by Gasteiger charge is 2.26. The van der Waals surface area contributed by atoms with Gasteiger partial charge in [0, 0.05) is 6.04 Å². The van der Waals surface area contributed by atoms with E-state index in [-0.39, 0.29) is 18.0 Å². The molecule has 0 bridgehead atoms. The number of nitrogens with one attached hydrogen (secondary N) is 2. The fourth-order valence-electron chi connectivity index (χ4n) is 2.75. The minimum atomic E-state index is 0.0237. The molecule has 0 saturated carbocycles. The predicted octanol–water partition coefficient (Wildman–Crippen LogP) is 2.32. The summed E-state index contributed by atoms with van der Waals surface area (Å²) in [6, 6.07) is 0.312. The van der Waals surface area contributed by atoms with Crippen LogP contribution in [0.15, 0.2) is 0 Å². The van der Waals surface area contributed by atoms with Gasteiger partial charge in [0.15, 0.2) is 0 Å². The number of rotatable bonds is 5. The monoisotopic (exact) mass is 240 g/mol. The van der Waals surface area contributed by atoms with Crippen molar-refractivity contribution in [3.8, 4) is 0 Å². The number of carbonyl (C=O) groups excluding carboxylic acids is 1. The van der Waals surface area contributed by atoms with Gasteiger partial charge in [-0.15, -0.1) is 0 Å². The quantitative estimate of drug-likeness (QED) is 0.774. The maximum atomic E-state index is 12.1. The van der Waals surface area contributed by atoms with Crippen molar-refractivity contribution in [2.24, 2.45) is 11.8 Å². The molecular weight excluding hydrogens is 212 g/mol. The fraction of sp³-hybridized carbons (Fsp3) is 0.929. The zero-order valence-electron chi connectivity index (χ0n) is 11.8. The molecule has 1 aliphatic rings. The minimum Gasteiger partial charge on any atom is -0.352 e. The fourth-order valence-corrected chi connectivity index (χ4v) is 2.75. The van der Waals surface area contributed by atoms with Gasteiger partial charge < -0.3 is 10.6 Å². The third kappa shape index (κ3) is 4.30. The molecule has 0 aliphatic carbocycles. The Balaban J connectivity index is 2.42. The van der Waals surface area contributed by atoms with Gasteiger partial charge in [0.25, 0.3) is 0 Å². The van der Waals surface area contributed by atoms with Crippen LogP contribution in [0.2, 0.25) is 0 Å². The second kappa shape index (κ2) is 7.00. The lowest BCUT2D eigenvalue weighted by atomic mass is 9.92. The van der Waals surface area contributed by atoms with Crippen LogP contribution in [0.1, 0.15) is 53.4 Å². The summed E-state index contributed by atoms with van der Waals surface area (Å²) in [6.45, 7) is 9.71. The Morgan fingerprint density at radius 1 is 1.41 bits per heavy atom. The first kappa shape index (κ1) is 14.5. The number of hydrogen-bond donors (Lipinski definition) is 2. The molecule has 0 aromatic rings. The molecule has 3 atom stereocenters. The molecule has 3 nitrogen and oxygen atoms in total. The van der Waals surface area contributed by atoms with Crippen LogP contribution in [-0.4, -0.2) is 24.5 Å². The average Bonchev–Trinajstić information content (AvgIpc) is 2.30. The summed E-state index contributed by atoms with van der Waals surface area (Å²) < 4.78 is 0. The van der Waals surface area contributed by atoms with Gasteiger partial charge in [-0.05, 0) is 38.1 Å². The standard InChI is InChI=1S/C14H28N2O/c1-5-12(6-2)11(4)16-14(17)13-9-10(3)7-8-15-13/h10-13,15H,5-9H2,1-4H3,(H,16,17). The zero-order valence-corrected chi connectivity index (χ0v) is 11.8. The van der Waals surface area contributed by atoms with Crippen molar-refractivity contribution >= 4 is 5.91 Å². The molecule has 17 heavy (non-hydrogen) atoms. The number of carbonyl (C=O) groups is 1. The first-order valence-electron chi connectivity index (χ1n) is 7.12. The highest BCUT2D eigenvalue weighted by molar-refractivity contribution is 5.82. The third-order valence-electron chi connectivity index (χ3n) is 4.11. The topological polar surface area (TPSA) is 41.1 Å². The summed E-state index contributed by atoms with van der Waals surface area (Å²) in [6.07, 6.45) is 4.42. The Kier molecular flexibility index (Phi) is 5.96. The predicted molar refractivity (Wildman–Crippen MR) is 71.9 cm³/mol. The largest absolute Gasteiger partial charge is 0.352 e. The number of hydrogen-bond acceptors (Lipinski definition) is 2. The van der Waals surface area contributed by atoms with Crippen LogP contribution in [0.5, 0.6) is 0 Å². The van der Waals surface area contributed by atoms with E-state index in [4.69, 9.17) is 0 Å². The third-order valence-corrected chi connectivity index (χ3v) is 4.11. The molecule has 3 unspecified atom stereocenters. The van der Waals surface area contributed by atoms with Crippen molar-refractivity contribution in [1.82, 2.24) is 10.6 Å². The van der Waals surface area contributed by atoms with Gasteiger partial charge in [0.2, 0.25) is 5.91 Å². The summed E-state index contributed by atoms with van der Waals surface area (Å²) in [5.74, 6) is 1.45. The van der Waals surface area contributed by atoms with Gasteiger partial charge in [-0.2, -0.15) is 0 Å². The summed E-state index contributed by atoms with van der Waals surface area (Å²) in [7, 11) is 0. The van der Waals surface area contributed by atoms with Crippen LogP contribution in [0.3, 0.4) is 0 Å². The first-order chi connectivity index (χ1) is 8.08. The van der Waals surface area contributed by atoms with E-state index in [2.05, 4.69) is 38.3 Å². The van der Waals surface area contributed by atoms with Crippen LogP contribution in [0, 0.1) is 11.8 Å². The maximum absolute atomic E-state index is 12.1. The molecule has 0 aromatic carbocycles. The molecule has 1 fully saturated rings. The van der Waals surface area contributed by atoms with E-state index < -0.39 is 0 Å². The van der Waals surface area contributed by atoms with E-state index in [0.717, 1.165) is 25.8 Å². The lowest BCUT2D eigenvalue weighted by Crippen LogP contribution is -2.51. The van der Waals surface area contributed by atoms with Crippen LogP contribution >= 0.6 is 0 Å². The van der Waals surface area contributed by atoms with Gasteiger partial charge in [-0.25, -0.2) is 0 Å². The first-order valence-corrected chi connectivity index (χ1v) is 7.12. The van der Waals surface area contributed by atoms with Gasteiger partial charge in [0.05, 0.1) is 6.04 Å². The molecule has 1 heterocycles. The SMILES string of the molecule is CCC(CC)C(C)NC(=O)C1CC(C)CCN1. The molecule has 1 amide bonds. The molecule has 3 heteroatoms. The average molecular weight is 240 g/mol. The van der Waals surface area contributed by atoms with E-state index >= 15 is 0 Å². The summed E-state index contributed by atoms with van der Waals surface area (Å²) in [4.78, 5) is 12.1. The molecule has 0 aromatic heterocycles. The van der Waals surface area contributed by atoms with E-state index in [1.54, 1.807) is 0 Å². The Morgan fingerprint density at radius 2 is 2.06 bits per heavy atom. The Bertz CT molecular complexity index is 238. The Labute approximate surface area is 106 Å². The number of piperidine rings is 1. The Morgan fingerprint density at radius 3 is 2.59 bits per heavy atom. The van der Waals surface area contributed by atoms with E-state index in [1.165, 1.54) is 6.42 Å². The lowest BCUT2D eigenvalue weighted by molar-refractivity contribution is -0.125. The second-order valence-corrected chi connectivity index (χ2v) is 5.51. The lowest BCUT2D eigenvalue weighted by Gasteiger charge is -2.30.